The van der Waals surface area contributed by atoms with E-state index < -0.39 is 67.2 Å². The van der Waals surface area contributed by atoms with E-state index in [1.165, 1.54) is 0 Å². The summed E-state index contributed by atoms with van der Waals surface area (Å²) in [7, 11) is 0. The van der Waals surface area contributed by atoms with Crippen molar-refractivity contribution in [2.24, 2.45) is 0 Å². The Hall–Kier alpha value is -1.20. The highest BCUT2D eigenvalue weighted by molar-refractivity contribution is 5.13. The summed E-state index contributed by atoms with van der Waals surface area (Å²) in [5.74, 6) is -47.0. The van der Waals surface area contributed by atoms with Gasteiger partial charge in [0.05, 0.1) is 13.2 Å². The molecule has 3 unspecified atom stereocenters. The van der Waals surface area contributed by atoms with Gasteiger partial charge in [-0.3, -0.25) is 0 Å². The van der Waals surface area contributed by atoms with Crippen LogP contribution in [0.15, 0.2) is 0 Å². The zero-order chi connectivity index (χ0) is 24.1. The Morgan fingerprint density at radius 1 is 0.667 bits per heavy atom. The summed E-state index contributed by atoms with van der Waals surface area (Å²) >= 11 is 0. The third-order valence-electron chi connectivity index (χ3n) is 3.70. The van der Waals surface area contributed by atoms with Crippen LogP contribution in [0.1, 0.15) is 0 Å². The van der Waals surface area contributed by atoms with Crippen LogP contribution in [0.2, 0.25) is 0 Å². The lowest BCUT2D eigenvalue weighted by Gasteiger charge is -2.42. The molecule has 1 rings (SSSR count). The molecule has 0 bridgehead atoms. The number of halogens is 16. The fraction of sp³-hybridized carbons (Fsp3) is 1.00. The molecule has 3 atom stereocenters. The van der Waals surface area contributed by atoms with Crippen LogP contribution >= 0.6 is 0 Å². The molecular formula is C12H8F16O2. The average molecular weight is 488 g/mol. The van der Waals surface area contributed by atoms with Crippen LogP contribution in [-0.4, -0.2) is 73.8 Å². The van der Waals surface area contributed by atoms with Gasteiger partial charge >= 0.3 is 35.5 Å². The van der Waals surface area contributed by atoms with Crippen molar-refractivity contribution in [1.82, 2.24) is 0 Å². The Balaban J connectivity index is 3.35. The maximum absolute atomic E-state index is 13.4. The topological polar surface area (TPSA) is 21.8 Å². The monoisotopic (exact) mass is 488 g/mol. The molecule has 0 aromatic rings. The third kappa shape index (κ3) is 3.88. The first-order chi connectivity index (χ1) is 13.1. The van der Waals surface area contributed by atoms with Crippen LogP contribution < -0.4 is 0 Å². The minimum atomic E-state index is -8.30. The normalized spacial score (nSPS) is 21.7. The van der Waals surface area contributed by atoms with Crippen molar-refractivity contribution in [2.45, 2.75) is 60.6 Å². The van der Waals surface area contributed by atoms with Crippen molar-refractivity contribution >= 4 is 0 Å². The van der Waals surface area contributed by atoms with E-state index in [-0.39, 0.29) is 6.61 Å². The molecule has 2 nitrogen and oxygen atoms in total. The SMILES string of the molecule is FC(F)C(F)C(F)(F)C(F)(F)C(F)(F)C(F)(F)C(F)(F)C(F)(F)C(F)OCC1CO1. The average Bonchev–Trinajstić information content (AvgIpc) is 3.41. The van der Waals surface area contributed by atoms with E-state index in [1.807, 2.05) is 0 Å². The molecule has 0 spiro atoms. The van der Waals surface area contributed by atoms with Crippen molar-refractivity contribution in [3.63, 3.8) is 0 Å². The third-order valence-corrected chi connectivity index (χ3v) is 3.70. The maximum atomic E-state index is 13.4. The molecule has 180 valence electrons. The number of hydrogen-bond acceptors (Lipinski definition) is 2. The maximum Gasteiger partial charge on any atom is 0.384 e. The highest BCUT2D eigenvalue weighted by atomic mass is 19.4. The van der Waals surface area contributed by atoms with Gasteiger partial charge in [0, 0.05) is 0 Å². The van der Waals surface area contributed by atoms with E-state index >= 15 is 0 Å². The molecule has 1 aliphatic heterocycles. The molecule has 1 saturated heterocycles. The van der Waals surface area contributed by atoms with E-state index in [4.69, 9.17) is 0 Å². The molecule has 1 aliphatic rings. The predicted molar refractivity (Wildman–Crippen MR) is 61.2 cm³/mol. The van der Waals surface area contributed by atoms with Gasteiger partial charge in [-0.25, -0.2) is 17.6 Å². The Bertz CT molecular complexity index is 601. The van der Waals surface area contributed by atoms with Gasteiger partial charge in [-0.05, 0) is 0 Å². The summed E-state index contributed by atoms with van der Waals surface area (Å²) in [6, 6.07) is 0. The van der Waals surface area contributed by atoms with Crippen LogP contribution in [0.4, 0.5) is 70.2 Å². The van der Waals surface area contributed by atoms with E-state index in [0.717, 1.165) is 0 Å². The molecule has 1 heterocycles. The van der Waals surface area contributed by atoms with Crippen LogP contribution in [-0.2, 0) is 9.47 Å². The number of hydrogen-bond donors (Lipinski definition) is 0. The highest BCUT2D eigenvalue weighted by Gasteiger charge is 2.92. The molecule has 1 fully saturated rings. The zero-order valence-electron chi connectivity index (χ0n) is 13.6. The van der Waals surface area contributed by atoms with Gasteiger partial charge in [-0.15, -0.1) is 0 Å². The molecule has 0 N–H and O–H groups in total. The van der Waals surface area contributed by atoms with Gasteiger partial charge < -0.3 is 9.47 Å². The highest BCUT2D eigenvalue weighted by Crippen LogP contribution is 2.61. The molecule has 0 aromatic carbocycles. The van der Waals surface area contributed by atoms with Gasteiger partial charge in [-0.1, -0.05) is 0 Å². The molecular weight excluding hydrogens is 480 g/mol. The Labute approximate surface area is 155 Å². The van der Waals surface area contributed by atoms with E-state index in [1.54, 1.807) is 0 Å². The molecule has 0 aliphatic carbocycles. The first-order valence-corrected chi connectivity index (χ1v) is 7.17. The molecule has 0 amide bonds. The number of alkyl halides is 16. The molecule has 30 heavy (non-hydrogen) atoms. The number of ether oxygens (including phenoxy) is 2. The molecule has 0 radical (unpaired) electrons. The van der Waals surface area contributed by atoms with Gasteiger partial charge in [-0.2, -0.15) is 52.7 Å². The van der Waals surface area contributed by atoms with E-state index in [2.05, 4.69) is 9.47 Å². The van der Waals surface area contributed by atoms with Crippen molar-refractivity contribution in [1.29, 1.82) is 0 Å². The minimum absolute atomic E-state index is 0.293. The van der Waals surface area contributed by atoms with Gasteiger partial charge in [0.1, 0.15) is 6.10 Å². The van der Waals surface area contributed by atoms with Crippen LogP contribution in [0.5, 0.6) is 0 Å². The van der Waals surface area contributed by atoms with Gasteiger partial charge in [0.15, 0.2) is 0 Å². The Morgan fingerprint density at radius 2 is 1.03 bits per heavy atom. The van der Waals surface area contributed by atoms with E-state index in [9.17, 15) is 70.2 Å². The lowest BCUT2D eigenvalue weighted by molar-refractivity contribution is -0.441. The summed E-state index contributed by atoms with van der Waals surface area (Å²) in [6.45, 7) is -1.60. The van der Waals surface area contributed by atoms with E-state index in [0.29, 0.717) is 0 Å². The van der Waals surface area contributed by atoms with Crippen molar-refractivity contribution in [2.75, 3.05) is 13.2 Å². The lowest BCUT2D eigenvalue weighted by Crippen LogP contribution is -2.73. The van der Waals surface area contributed by atoms with Gasteiger partial charge in [0.25, 0.3) is 12.8 Å². The quantitative estimate of drug-likeness (QED) is 0.298. The standard InChI is InChI=1S/C12H8F16O2/c13-4(5(14)15)7(17,18)9(21,22)11(25,26)12(27,28)10(23,24)8(19,20)6(16)30-2-3-1-29-3/h3-6H,1-2H2. The summed E-state index contributed by atoms with van der Waals surface area (Å²) in [4.78, 5) is 0. The van der Waals surface area contributed by atoms with Crippen LogP contribution in [0.25, 0.3) is 0 Å². The lowest BCUT2D eigenvalue weighted by atomic mass is 9.90. The van der Waals surface area contributed by atoms with Crippen molar-refractivity contribution < 1.29 is 79.7 Å². The summed E-state index contributed by atoms with van der Waals surface area (Å²) < 4.78 is 216. The number of rotatable bonds is 11. The Morgan fingerprint density at radius 3 is 1.37 bits per heavy atom. The van der Waals surface area contributed by atoms with Crippen molar-refractivity contribution in [3.8, 4) is 0 Å². The fourth-order valence-corrected chi connectivity index (χ4v) is 1.75. The fourth-order valence-electron chi connectivity index (χ4n) is 1.75. The first-order valence-electron chi connectivity index (χ1n) is 7.17. The second-order valence-corrected chi connectivity index (χ2v) is 5.88. The van der Waals surface area contributed by atoms with Crippen LogP contribution in [0, 0.1) is 0 Å². The molecule has 0 saturated carbocycles. The van der Waals surface area contributed by atoms with Gasteiger partial charge in [0.2, 0.25) is 6.17 Å². The second kappa shape index (κ2) is 7.74. The van der Waals surface area contributed by atoms with Crippen molar-refractivity contribution in [3.05, 3.63) is 0 Å². The zero-order valence-corrected chi connectivity index (χ0v) is 13.6. The first kappa shape index (κ1) is 26.8. The summed E-state index contributed by atoms with van der Waals surface area (Å²) in [5.41, 5.74) is 0. The second-order valence-electron chi connectivity index (χ2n) is 5.88. The smallest absolute Gasteiger partial charge is 0.371 e. The predicted octanol–water partition coefficient (Wildman–Crippen LogP) is 5.11. The number of epoxide rings is 1. The largest absolute Gasteiger partial charge is 0.384 e. The summed E-state index contributed by atoms with van der Waals surface area (Å²) in [5, 5.41) is 0. The Kier molecular flexibility index (Phi) is 6.92. The molecule has 18 heteroatoms. The molecule has 0 aromatic heterocycles. The minimum Gasteiger partial charge on any atom is -0.371 e. The van der Waals surface area contributed by atoms with Crippen LogP contribution in [0.3, 0.4) is 0 Å². The summed E-state index contributed by atoms with van der Waals surface area (Å²) in [6.07, 6.45) is -16.8.